The van der Waals surface area contributed by atoms with E-state index in [1.54, 1.807) is 26.2 Å². The molecule has 0 amide bonds. The van der Waals surface area contributed by atoms with E-state index in [0.717, 1.165) is 11.3 Å². The maximum atomic E-state index is 11.9. The van der Waals surface area contributed by atoms with Crippen molar-refractivity contribution in [2.75, 3.05) is 13.7 Å². The molecule has 28 heavy (non-hydrogen) atoms. The van der Waals surface area contributed by atoms with Crippen molar-refractivity contribution in [1.82, 2.24) is 0 Å². The largest absolute Gasteiger partial charge is 0.497 e. The summed E-state index contributed by atoms with van der Waals surface area (Å²) >= 11 is 6.57. The lowest BCUT2D eigenvalue weighted by Crippen LogP contribution is -2.10. The predicted octanol–water partition coefficient (Wildman–Crippen LogP) is 4.55. The van der Waals surface area contributed by atoms with E-state index in [1.165, 1.54) is 12.5 Å². The number of benzene rings is 2. The average Bonchev–Trinajstić information content (AvgIpc) is 3.23. The van der Waals surface area contributed by atoms with Crippen molar-refractivity contribution in [2.24, 2.45) is 0 Å². The first kappa shape index (κ1) is 19.9. The fraction of sp³-hybridized carbons (Fsp3) is 0.286. The SMILES string of the molecule is CCOC(=O)Cc1ccc(C2OC=CO2)c(OCc2ccc(OC)cc2)c1Cl. The van der Waals surface area contributed by atoms with Crippen LogP contribution in [0.25, 0.3) is 0 Å². The second-order valence-corrected chi connectivity index (χ2v) is 6.33. The number of halogens is 1. The Kier molecular flexibility index (Phi) is 6.66. The molecule has 3 rings (SSSR count). The van der Waals surface area contributed by atoms with E-state index in [1.807, 2.05) is 24.3 Å². The van der Waals surface area contributed by atoms with Crippen molar-refractivity contribution in [1.29, 1.82) is 0 Å². The molecule has 0 saturated heterocycles. The molecular formula is C21H21ClO6. The van der Waals surface area contributed by atoms with E-state index in [-0.39, 0.29) is 19.0 Å². The number of methoxy groups -OCH3 is 1. The normalized spacial score (nSPS) is 13.0. The van der Waals surface area contributed by atoms with Crippen LogP contribution >= 0.6 is 11.6 Å². The molecule has 0 saturated carbocycles. The molecule has 0 radical (unpaired) electrons. The average molecular weight is 405 g/mol. The smallest absolute Gasteiger partial charge is 0.310 e. The van der Waals surface area contributed by atoms with E-state index in [2.05, 4.69) is 0 Å². The van der Waals surface area contributed by atoms with Gasteiger partial charge in [-0.1, -0.05) is 29.8 Å². The van der Waals surface area contributed by atoms with Crippen molar-refractivity contribution in [3.63, 3.8) is 0 Å². The van der Waals surface area contributed by atoms with Gasteiger partial charge in [0.05, 0.1) is 30.7 Å². The molecule has 0 atom stereocenters. The number of ether oxygens (including phenoxy) is 5. The fourth-order valence-electron chi connectivity index (χ4n) is 2.71. The fourth-order valence-corrected chi connectivity index (χ4v) is 3.00. The van der Waals surface area contributed by atoms with Crippen molar-refractivity contribution in [3.8, 4) is 11.5 Å². The number of hydrogen-bond acceptors (Lipinski definition) is 6. The number of rotatable bonds is 8. The van der Waals surface area contributed by atoms with Crippen molar-refractivity contribution < 1.29 is 28.5 Å². The van der Waals surface area contributed by atoms with Crippen LogP contribution in [0.15, 0.2) is 48.9 Å². The van der Waals surface area contributed by atoms with Crippen LogP contribution in [0.5, 0.6) is 11.5 Å². The van der Waals surface area contributed by atoms with E-state index < -0.39 is 6.29 Å². The van der Waals surface area contributed by atoms with Crippen LogP contribution < -0.4 is 9.47 Å². The van der Waals surface area contributed by atoms with Crippen molar-refractivity contribution in [2.45, 2.75) is 26.2 Å². The molecular weight excluding hydrogens is 384 g/mol. The summed E-state index contributed by atoms with van der Waals surface area (Å²) in [5, 5.41) is 0.332. The molecule has 0 aromatic heterocycles. The molecule has 2 aromatic carbocycles. The minimum Gasteiger partial charge on any atom is -0.497 e. The van der Waals surface area contributed by atoms with Crippen LogP contribution in [0.1, 0.15) is 29.9 Å². The Hall–Kier alpha value is -2.86. The van der Waals surface area contributed by atoms with Crippen LogP contribution in [-0.2, 0) is 32.0 Å². The molecule has 0 N–H and O–H groups in total. The van der Waals surface area contributed by atoms with Crippen molar-refractivity contribution in [3.05, 3.63) is 70.6 Å². The predicted molar refractivity (Wildman–Crippen MR) is 103 cm³/mol. The number of hydrogen-bond donors (Lipinski definition) is 0. The third kappa shape index (κ3) is 4.70. The lowest BCUT2D eigenvalue weighted by molar-refractivity contribution is -0.142. The molecule has 0 fully saturated rings. The molecule has 148 valence electrons. The van der Waals surface area contributed by atoms with Gasteiger partial charge in [-0.25, -0.2) is 0 Å². The molecule has 7 heteroatoms. The lowest BCUT2D eigenvalue weighted by Gasteiger charge is -2.19. The van der Waals surface area contributed by atoms with Gasteiger partial charge in [0.25, 0.3) is 6.29 Å². The Labute approximate surface area is 168 Å². The van der Waals surface area contributed by atoms with Gasteiger partial charge in [0.1, 0.15) is 30.6 Å². The zero-order valence-electron chi connectivity index (χ0n) is 15.6. The number of carbonyl (C=O) groups is 1. The van der Waals surface area contributed by atoms with E-state index in [9.17, 15) is 4.79 Å². The van der Waals surface area contributed by atoms with Gasteiger partial charge in [-0.3, -0.25) is 4.79 Å². The van der Waals surface area contributed by atoms with Crippen LogP contribution in [0.4, 0.5) is 0 Å². The highest BCUT2D eigenvalue weighted by Gasteiger charge is 2.25. The van der Waals surface area contributed by atoms with Crippen molar-refractivity contribution >= 4 is 17.6 Å². The van der Waals surface area contributed by atoms with E-state index in [0.29, 0.717) is 28.5 Å². The Balaban J connectivity index is 1.84. The zero-order chi connectivity index (χ0) is 19.9. The second-order valence-electron chi connectivity index (χ2n) is 5.95. The first-order valence-corrected chi connectivity index (χ1v) is 9.18. The summed E-state index contributed by atoms with van der Waals surface area (Å²) in [6.45, 7) is 2.35. The zero-order valence-corrected chi connectivity index (χ0v) is 16.4. The van der Waals surface area contributed by atoms with Gasteiger partial charge < -0.3 is 23.7 Å². The molecule has 0 bridgehead atoms. The third-order valence-electron chi connectivity index (χ3n) is 4.10. The maximum Gasteiger partial charge on any atom is 0.310 e. The second kappa shape index (κ2) is 9.37. The standard InChI is InChI=1S/C21H21ClO6/c1-3-25-18(23)12-15-6-9-17(21-26-10-11-27-21)20(19(15)22)28-13-14-4-7-16(24-2)8-5-14/h4-11,21H,3,12-13H2,1-2H3. The molecule has 1 aliphatic heterocycles. The summed E-state index contributed by atoms with van der Waals surface area (Å²) in [5.74, 6) is 0.819. The minimum absolute atomic E-state index is 0.0521. The Morgan fingerprint density at radius 2 is 1.82 bits per heavy atom. The number of esters is 1. The maximum absolute atomic E-state index is 11.9. The van der Waals surface area contributed by atoms with Gasteiger partial charge >= 0.3 is 5.97 Å². The minimum atomic E-state index is -0.653. The Bertz CT molecular complexity index is 839. The molecule has 0 aliphatic carbocycles. The lowest BCUT2D eigenvalue weighted by atomic mass is 10.1. The molecule has 0 unspecified atom stereocenters. The molecule has 6 nitrogen and oxygen atoms in total. The Morgan fingerprint density at radius 3 is 2.46 bits per heavy atom. The van der Waals surface area contributed by atoms with Gasteiger partial charge in [-0.15, -0.1) is 0 Å². The highest BCUT2D eigenvalue weighted by atomic mass is 35.5. The van der Waals surface area contributed by atoms with Gasteiger partial charge in [-0.2, -0.15) is 0 Å². The number of carbonyl (C=O) groups excluding carboxylic acids is 1. The molecule has 0 spiro atoms. The Morgan fingerprint density at radius 1 is 1.11 bits per heavy atom. The summed E-state index contributed by atoms with van der Waals surface area (Å²) in [4.78, 5) is 11.9. The van der Waals surface area contributed by atoms with Gasteiger partial charge in [-0.05, 0) is 36.2 Å². The molecule has 1 heterocycles. The first-order valence-electron chi connectivity index (χ1n) is 8.81. The van der Waals surface area contributed by atoms with Gasteiger partial charge in [0.2, 0.25) is 0 Å². The molecule has 1 aliphatic rings. The quantitative estimate of drug-likeness (QED) is 0.601. The molecule has 2 aromatic rings. The summed E-state index contributed by atoms with van der Waals surface area (Å²) < 4.78 is 27.0. The third-order valence-corrected chi connectivity index (χ3v) is 4.52. The monoisotopic (exact) mass is 404 g/mol. The summed E-state index contributed by atoms with van der Waals surface area (Å²) in [6, 6.07) is 11.0. The van der Waals surface area contributed by atoms with Crippen LogP contribution in [0.2, 0.25) is 5.02 Å². The highest BCUT2D eigenvalue weighted by molar-refractivity contribution is 6.33. The topological polar surface area (TPSA) is 63.2 Å². The highest BCUT2D eigenvalue weighted by Crippen LogP contribution is 2.39. The summed E-state index contributed by atoms with van der Waals surface area (Å²) in [7, 11) is 1.61. The van der Waals surface area contributed by atoms with E-state index in [4.69, 9.17) is 35.3 Å². The summed E-state index contributed by atoms with van der Waals surface area (Å²) in [6.07, 6.45) is 2.31. The first-order chi connectivity index (χ1) is 13.6. The van der Waals surface area contributed by atoms with Crippen LogP contribution in [0.3, 0.4) is 0 Å². The van der Waals surface area contributed by atoms with Crippen LogP contribution in [-0.4, -0.2) is 19.7 Å². The van der Waals surface area contributed by atoms with Gasteiger partial charge in [0.15, 0.2) is 0 Å². The van der Waals surface area contributed by atoms with E-state index >= 15 is 0 Å². The van der Waals surface area contributed by atoms with Gasteiger partial charge in [0, 0.05) is 0 Å². The van der Waals surface area contributed by atoms with Crippen LogP contribution in [0, 0.1) is 0 Å². The summed E-state index contributed by atoms with van der Waals surface area (Å²) in [5.41, 5.74) is 2.18.